The number of fused-ring (bicyclic) bond motifs is 1. The highest BCUT2D eigenvalue weighted by molar-refractivity contribution is 8.01. The molecule has 0 saturated heterocycles. The summed E-state index contributed by atoms with van der Waals surface area (Å²) in [5.74, 6) is -0.127. The first kappa shape index (κ1) is 17.6. The van der Waals surface area contributed by atoms with Crippen molar-refractivity contribution in [2.45, 2.75) is 22.0 Å². The van der Waals surface area contributed by atoms with Crippen molar-refractivity contribution >= 4 is 39.1 Å². The Morgan fingerprint density at radius 1 is 1.24 bits per heavy atom. The van der Waals surface area contributed by atoms with Crippen LogP contribution in [0.1, 0.15) is 6.92 Å². The van der Waals surface area contributed by atoms with Crippen LogP contribution in [-0.2, 0) is 14.8 Å². The molecular formula is C18H18N2O3S2. The van der Waals surface area contributed by atoms with Crippen LogP contribution < -0.4 is 9.62 Å². The number of para-hydroxylation sites is 1. The van der Waals surface area contributed by atoms with E-state index in [4.69, 9.17) is 0 Å². The van der Waals surface area contributed by atoms with Gasteiger partial charge < -0.3 is 5.32 Å². The van der Waals surface area contributed by atoms with E-state index < -0.39 is 10.0 Å². The highest BCUT2D eigenvalue weighted by Gasteiger charge is 2.28. The molecule has 1 heterocycles. The van der Waals surface area contributed by atoms with E-state index >= 15 is 0 Å². The van der Waals surface area contributed by atoms with E-state index in [0.717, 1.165) is 4.90 Å². The molecule has 130 valence electrons. The van der Waals surface area contributed by atoms with Crippen molar-refractivity contribution in [2.24, 2.45) is 0 Å². The molecule has 3 rings (SSSR count). The third-order valence-corrected chi connectivity index (χ3v) is 6.78. The van der Waals surface area contributed by atoms with Crippen LogP contribution in [0.2, 0.25) is 0 Å². The summed E-state index contributed by atoms with van der Waals surface area (Å²) in [6, 6.07) is 13.7. The molecule has 5 nitrogen and oxygen atoms in total. The Morgan fingerprint density at radius 2 is 1.96 bits per heavy atom. The summed E-state index contributed by atoms with van der Waals surface area (Å²) in [6.07, 6.45) is 1.54. The number of thioether (sulfide) groups is 1. The van der Waals surface area contributed by atoms with Crippen molar-refractivity contribution in [3.8, 4) is 0 Å². The fourth-order valence-corrected chi connectivity index (χ4v) is 4.92. The SMILES string of the molecule is C=CCN(c1ccccc1)S(=O)(=O)c1ccc2c(c1)NC(=O)[C@H](C)S2. The number of sulfonamides is 1. The van der Waals surface area contributed by atoms with Crippen molar-refractivity contribution < 1.29 is 13.2 Å². The predicted octanol–water partition coefficient (Wildman–Crippen LogP) is 3.50. The Hall–Kier alpha value is -2.25. The third kappa shape index (κ3) is 3.43. The van der Waals surface area contributed by atoms with Crippen molar-refractivity contribution in [1.82, 2.24) is 0 Å². The number of hydrogen-bond donors (Lipinski definition) is 1. The van der Waals surface area contributed by atoms with Gasteiger partial charge in [0, 0.05) is 4.90 Å². The van der Waals surface area contributed by atoms with Gasteiger partial charge in [0.25, 0.3) is 10.0 Å². The minimum absolute atomic E-state index is 0.127. The molecule has 0 radical (unpaired) electrons. The lowest BCUT2D eigenvalue weighted by molar-refractivity contribution is -0.115. The van der Waals surface area contributed by atoms with Crippen LogP contribution in [0, 0.1) is 0 Å². The average molecular weight is 374 g/mol. The number of carbonyl (C=O) groups excluding carboxylic acids is 1. The number of carbonyl (C=O) groups is 1. The fourth-order valence-electron chi connectivity index (χ4n) is 2.53. The Bertz CT molecular complexity index is 911. The normalized spacial score (nSPS) is 16.7. The van der Waals surface area contributed by atoms with E-state index in [-0.39, 0.29) is 22.6 Å². The number of nitrogens with zero attached hydrogens (tertiary/aromatic N) is 1. The summed E-state index contributed by atoms with van der Waals surface area (Å²) < 4.78 is 27.5. The number of amides is 1. The van der Waals surface area contributed by atoms with Gasteiger partial charge in [-0.05, 0) is 37.3 Å². The Labute approximate surface area is 151 Å². The molecule has 2 aromatic rings. The molecule has 0 aliphatic carbocycles. The Morgan fingerprint density at radius 3 is 2.64 bits per heavy atom. The van der Waals surface area contributed by atoms with E-state index in [0.29, 0.717) is 11.4 Å². The molecule has 7 heteroatoms. The first-order valence-corrected chi connectivity index (χ1v) is 10.1. The van der Waals surface area contributed by atoms with Gasteiger partial charge in [0.2, 0.25) is 5.91 Å². The van der Waals surface area contributed by atoms with Gasteiger partial charge in [-0.25, -0.2) is 8.42 Å². The van der Waals surface area contributed by atoms with Crippen molar-refractivity contribution in [3.05, 3.63) is 61.2 Å². The van der Waals surface area contributed by atoms with Gasteiger partial charge in [-0.15, -0.1) is 18.3 Å². The molecule has 1 N–H and O–H groups in total. The number of nitrogens with one attached hydrogen (secondary N) is 1. The lowest BCUT2D eigenvalue weighted by Crippen LogP contribution is -2.31. The second kappa shape index (κ2) is 6.93. The molecule has 2 aromatic carbocycles. The van der Waals surface area contributed by atoms with Crippen LogP contribution in [0.3, 0.4) is 0 Å². The summed E-state index contributed by atoms with van der Waals surface area (Å²) in [4.78, 5) is 12.9. The average Bonchev–Trinajstić information content (AvgIpc) is 2.61. The molecule has 0 saturated carbocycles. The molecule has 0 aromatic heterocycles. The molecule has 1 amide bonds. The number of benzene rings is 2. The monoisotopic (exact) mass is 374 g/mol. The van der Waals surface area contributed by atoms with Gasteiger partial charge in [0.15, 0.2) is 0 Å². The molecule has 25 heavy (non-hydrogen) atoms. The highest BCUT2D eigenvalue weighted by atomic mass is 32.2. The van der Waals surface area contributed by atoms with Gasteiger partial charge >= 0.3 is 0 Å². The number of anilines is 2. The molecule has 1 aliphatic heterocycles. The van der Waals surface area contributed by atoms with E-state index in [1.54, 1.807) is 42.5 Å². The molecule has 1 aliphatic rings. The maximum absolute atomic E-state index is 13.1. The van der Waals surface area contributed by atoms with Crippen molar-refractivity contribution in [2.75, 3.05) is 16.2 Å². The third-order valence-electron chi connectivity index (χ3n) is 3.81. The molecule has 0 unspecified atom stereocenters. The van der Waals surface area contributed by atoms with E-state index in [9.17, 15) is 13.2 Å². The zero-order chi connectivity index (χ0) is 18.0. The summed E-state index contributed by atoms with van der Waals surface area (Å²) in [7, 11) is -3.78. The van der Waals surface area contributed by atoms with Gasteiger partial charge in [-0.2, -0.15) is 0 Å². The van der Waals surface area contributed by atoms with E-state index in [2.05, 4.69) is 11.9 Å². The first-order chi connectivity index (χ1) is 11.9. The maximum atomic E-state index is 13.1. The lowest BCUT2D eigenvalue weighted by atomic mass is 10.3. The quantitative estimate of drug-likeness (QED) is 0.814. The summed E-state index contributed by atoms with van der Waals surface area (Å²) in [5.41, 5.74) is 1.09. The lowest BCUT2D eigenvalue weighted by Gasteiger charge is -2.25. The second-order valence-electron chi connectivity index (χ2n) is 5.57. The molecule has 0 fully saturated rings. The Balaban J connectivity index is 2.03. The molecular weight excluding hydrogens is 356 g/mol. The largest absolute Gasteiger partial charge is 0.324 e. The Kier molecular flexibility index (Phi) is 4.87. The zero-order valence-corrected chi connectivity index (χ0v) is 15.3. The minimum Gasteiger partial charge on any atom is -0.324 e. The van der Waals surface area contributed by atoms with Gasteiger partial charge in [0.05, 0.1) is 28.1 Å². The van der Waals surface area contributed by atoms with Crippen LogP contribution in [0.15, 0.2) is 71.0 Å². The van der Waals surface area contributed by atoms with Gasteiger partial charge in [-0.1, -0.05) is 24.3 Å². The summed E-state index contributed by atoms with van der Waals surface area (Å²) >= 11 is 1.42. The topological polar surface area (TPSA) is 66.5 Å². The van der Waals surface area contributed by atoms with Gasteiger partial charge in [-0.3, -0.25) is 9.10 Å². The molecule has 0 bridgehead atoms. The maximum Gasteiger partial charge on any atom is 0.264 e. The second-order valence-corrected chi connectivity index (χ2v) is 8.81. The first-order valence-electron chi connectivity index (χ1n) is 7.74. The van der Waals surface area contributed by atoms with Crippen LogP contribution in [-0.4, -0.2) is 26.1 Å². The smallest absolute Gasteiger partial charge is 0.264 e. The van der Waals surface area contributed by atoms with Crippen LogP contribution in [0.4, 0.5) is 11.4 Å². The van der Waals surface area contributed by atoms with Crippen LogP contribution in [0.25, 0.3) is 0 Å². The molecule has 0 spiro atoms. The van der Waals surface area contributed by atoms with Gasteiger partial charge in [0.1, 0.15) is 0 Å². The number of rotatable bonds is 5. The standard InChI is InChI=1S/C18H18N2O3S2/c1-3-11-20(14-7-5-4-6-8-14)25(22,23)15-9-10-17-16(12-15)19-18(21)13(2)24-17/h3-10,12-13H,1,11H2,2H3,(H,19,21)/t13-/m0/s1. The minimum atomic E-state index is -3.78. The molecule has 1 atom stereocenters. The van der Waals surface area contributed by atoms with Crippen molar-refractivity contribution in [3.63, 3.8) is 0 Å². The number of hydrogen-bond acceptors (Lipinski definition) is 4. The fraction of sp³-hybridized carbons (Fsp3) is 0.167. The highest BCUT2D eigenvalue weighted by Crippen LogP contribution is 2.37. The van der Waals surface area contributed by atoms with Crippen molar-refractivity contribution in [1.29, 1.82) is 0 Å². The summed E-state index contributed by atoms with van der Waals surface area (Å²) in [5, 5.41) is 2.57. The zero-order valence-electron chi connectivity index (χ0n) is 13.7. The van der Waals surface area contributed by atoms with Crippen LogP contribution in [0.5, 0.6) is 0 Å². The van der Waals surface area contributed by atoms with E-state index in [1.807, 2.05) is 13.0 Å². The summed E-state index contributed by atoms with van der Waals surface area (Å²) in [6.45, 7) is 5.62. The van der Waals surface area contributed by atoms with Crippen LogP contribution >= 0.6 is 11.8 Å². The predicted molar refractivity (Wildman–Crippen MR) is 102 cm³/mol. The van der Waals surface area contributed by atoms with E-state index in [1.165, 1.54) is 22.1 Å².